The van der Waals surface area contributed by atoms with Crippen molar-refractivity contribution in [1.82, 2.24) is 4.90 Å². The third kappa shape index (κ3) is 3.13. The number of carboxylic acids is 1. The van der Waals surface area contributed by atoms with E-state index in [4.69, 9.17) is 0 Å². The lowest BCUT2D eigenvalue weighted by molar-refractivity contribution is -0.152. The van der Waals surface area contributed by atoms with Crippen LogP contribution in [0.5, 0.6) is 0 Å². The van der Waals surface area contributed by atoms with E-state index in [0.717, 1.165) is 25.2 Å². The number of carbonyl (C=O) groups is 1. The van der Waals surface area contributed by atoms with Crippen LogP contribution in [0.2, 0.25) is 0 Å². The number of aliphatic carboxylic acids is 1. The fourth-order valence-electron chi connectivity index (χ4n) is 2.71. The summed E-state index contributed by atoms with van der Waals surface area (Å²) in [6.45, 7) is 4.29. The Labute approximate surface area is 113 Å². The van der Waals surface area contributed by atoms with E-state index in [2.05, 4.69) is 4.90 Å². The van der Waals surface area contributed by atoms with Gasteiger partial charge in [-0.25, -0.2) is 4.39 Å². The summed E-state index contributed by atoms with van der Waals surface area (Å²) < 4.78 is 12.8. The number of halogens is 1. The van der Waals surface area contributed by atoms with Gasteiger partial charge < -0.3 is 5.11 Å². The number of hydrogen-bond acceptors (Lipinski definition) is 2. The molecule has 0 unspecified atom stereocenters. The van der Waals surface area contributed by atoms with Gasteiger partial charge in [0, 0.05) is 6.54 Å². The van der Waals surface area contributed by atoms with Gasteiger partial charge in [-0.1, -0.05) is 19.1 Å². The van der Waals surface area contributed by atoms with Gasteiger partial charge in [0.15, 0.2) is 0 Å². The minimum atomic E-state index is -0.670. The van der Waals surface area contributed by atoms with Gasteiger partial charge in [0.2, 0.25) is 0 Å². The van der Waals surface area contributed by atoms with Gasteiger partial charge in [0.25, 0.3) is 0 Å². The Balaban J connectivity index is 1.93. The molecule has 1 saturated heterocycles. The van der Waals surface area contributed by atoms with E-state index in [1.807, 2.05) is 6.92 Å². The molecule has 1 heterocycles. The highest BCUT2D eigenvalue weighted by Gasteiger charge is 2.39. The predicted octanol–water partition coefficient (Wildman–Crippen LogP) is 2.90. The molecule has 4 heteroatoms. The quantitative estimate of drug-likeness (QED) is 0.910. The van der Waals surface area contributed by atoms with Crippen molar-refractivity contribution in [1.29, 1.82) is 0 Å². The second kappa shape index (κ2) is 5.70. The normalized spacial score (nSPS) is 19.3. The Morgan fingerprint density at radius 2 is 1.89 bits per heavy atom. The van der Waals surface area contributed by atoms with Crippen molar-refractivity contribution in [3.63, 3.8) is 0 Å². The highest BCUT2D eigenvalue weighted by molar-refractivity contribution is 5.74. The summed E-state index contributed by atoms with van der Waals surface area (Å²) in [5.41, 5.74) is 0.528. The molecule has 2 rings (SSSR count). The first-order valence-electron chi connectivity index (χ1n) is 6.76. The van der Waals surface area contributed by atoms with Crippen LogP contribution >= 0.6 is 0 Å². The molecule has 104 valence electrons. The van der Waals surface area contributed by atoms with Crippen molar-refractivity contribution in [2.45, 2.75) is 32.7 Å². The van der Waals surface area contributed by atoms with Crippen LogP contribution in [0, 0.1) is 11.2 Å². The first-order valence-corrected chi connectivity index (χ1v) is 6.76. The van der Waals surface area contributed by atoms with Crippen LogP contribution in [0.1, 0.15) is 31.7 Å². The third-order valence-corrected chi connectivity index (χ3v) is 4.26. The average Bonchev–Trinajstić information content (AvgIpc) is 2.42. The van der Waals surface area contributed by atoms with Crippen LogP contribution in [0.15, 0.2) is 24.3 Å². The number of benzene rings is 1. The zero-order valence-corrected chi connectivity index (χ0v) is 11.2. The summed E-state index contributed by atoms with van der Waals surface area (Å²) in [5, 5.41) is 9.34. The highest BCUT2D eigenvalue weighted by Crippen LogP contribution is 2.35. The lowest BCUT2D eigenvalue weighted by Gasteiger charge is -2.38. The molecular formula is C15H20FNO2. The van der Waals surface area contributed by atoms with Gasteiger partial charge in [-0.05, 0) is 50.0 Å². The van der Waals surface area contributed by atoms with Gasteiger partial charge in [0.05, 0.1) is 5.41 Å². The minimum Gasteiger partial charge on any atom is -0.481 e. The van der Waals surface area contributed by atoms with Crippen LogP contribution in [-0.2, 0) is 11.3 Å². The van der Waals surface area contributed by atoms with Crippen molar-refractivity contribution in [2.24, 2.45) is 5.41 Å². The molecule has 0 saturated carbocycles. The molecule has 0 radical (unpaired) electrons. The smallest absolute Gasteiger partial charge is 0.309 e. The Morgan fingerprint density at radius 3 is 2.37 bits per heavy atom. The number of rotatable bonds is 4. The van der Waals surface area contributed by atoms with Gasteiger partial charge in [-0.15, -0.1) is 0 Å². The molecule has 3 nitrogen and oxygen atoms in total. The average molecular weight is 265 g/mol. The van der Waals surface area contributed by atoms with Crippen LogP contribution in [0.25, 0.3) is 0 Å². The van der Waals surface area contributed by atoms with E-state index < -0.39 is 11.4 Å². The maximum absolute atomic E-state index is 12.8. The van der Waals surface area contributed by atoms with Crippen LogP contribution < -0.4 is 0 Å². The summed E-state index contributed by atoms with van der Waals surface area (Å²) >= 11 is 0. The van der Waals surface area contributed by atoms with Crippen LogP contribution in [0.3, 0.4) is 0 Å². The SMILES string of the molecule is CCC1(C(=O)O)CCN(Cc2ccc(F)cc2)CC1. The summed E-state index contributed by atoms with van der Waals surface area (Å²) in [7, 11) is 0. The topological polar surface area (TPSA) is 40.5 Å². The van der Waals surface area contributed by atoms with Crippen molar-refractivity contribution >= 4 is 5.97 Å². The van der Waals surface area contributed by atoms with Crippen LogP contribution in [-0.4, -0.2) is 29.1 Å². The molecule has 1 aliphatic rings. The molecule has 0 spiro atoms. The van der Waals surface area contributed by atoms with Gasteiger partial charge in [-0.3, -0.25) is 9.69 Å². The summed E-state index contributed by atoms with van der Waals surface area (Å²) in [4.78, 5) is 13.6. The molecule has 1 N–H and O–H groups in total. The van der Waals surface area contributed by atoms with Crippen molar-refractivity contribution in [3.05, 3.63) is 35.6 Å². The molecule has 0 atom stereocenters. The fraction of sp³-hybridized carbons (Fsp3) is 0.533. The van der Waals surface area contributed by atoms with E-state index in [0.29, 0.717) is 19.3 Å². The molecule has 19 heavy (non-hydrogen) atoms. The largest absolute Gasteiger partial charge is 0.481 e. The third-order valence-electron chi connectivity index (χ3n) is 4.26. The van der Waals surface area contributed by atoms with E-state index in [-0.39, 0.29) is 5.82 Å². The van der Waals surface area contributed by atoms with Crippen molar-refractivity contribution in [2.75, 3.05) is 13.1 Å². The number of hydrogen-bond donors (Lipinski definition) is 1. The molecule has 0 bridgehead atoms. The first kappa shape index (κ1) is 14.0. The highest BCUT2D eigenvalue weighted by atomic mass is 19.1. The molecular weight excluding hydrogens is 245 g/mol. The maximum atomic E-state index is 12.8. The Bertz CT molecular complexity index is 436. The zero-order valence-electron chi connectivity index (χ0n) is 11.2. The second-order valence-electron chi connectivity index (χ2n) is 5.34. The fourth-order valence-corrected chi connectivity index (χ4v) is 2.71. The predicted molar refractivity (Wildman–Crippen MR) is 71.3 cm³/mol. The molecule has 0 amide bonds. The van der Waals surface area contributed by atoms with E-state index >= 15 is 0 Å². The lowest BCUT2D eigenvalue weighted by atomic mass is 9.76. The number of carboxylic acid groups (broad SMARTS) is 1. The molecule has 1 aromatic rings. The van der Waals surface area contributed by atoms with Crippen molar-refractivity contribution < 1.29 is 14.3 Å². The molecule has 0 aromatic heterocycles. The number of piperidine rings is 1. The maximum Gasteiger partial charge on any atom is 0.309 e. The van der Waals surface area contributed by atoms with Gasteiger partial charge >= 0.3 is 5.97 Å². The van der Waals surface area contributed by atoms with E-state index in [1.165, 1.54) is 12.1 Å². The summed E-state index contributed by atoms with van der Waals surface area (Å²) in [5.74, 6) is -0.894. The standard InChI is InChI=1S/C15H20FNO2/c1-2-15(14(18)19)7-9-17(10-8-15)11-12-3-5-13(16)6-4-12/h3-6H,2,7-11H2,1H3,(H,18,19). The molecule has 1 fully saturated rings. The molecule has 1 aromatic carbocycles. The molecule has 1 aliphatic heterocycles. The first-order chi connectivity index (χ1) is 9.05. The van der Waals surface area contributed by atoms with E-state index in [1.54, 1.807) is 12.1 Å². The van der Waals surface area contributed by atoms with Gasteiger partial charge in [0.1, 0.15) is 5.82 Å². The molecule has 0 aliphatic carbocycles. The monoisotopic (exact) mass is 265 g/mol. The Morgan fingerprint density at radius 1 is 1.32 bits per heavy atom. The number of nitrogens with zero attached hydrogens (tertiary/aromatic N) is 1. The van der Waals surface area contributed by atoms with E-state index in [9.17, 15) is 14.3 Å². The lowest BCUT2D eigenvalue weighted by Crippen LogP contribution is -2.43. The van der Waals surface area contributed by atoms with Crippen LogP contribution in [0.4, 0.5) is 4.39 Å². The second-order valence-corrected chi connectivity index (χ2v) is 5.34. The minimum absolute atomic E-state index is 0.224. The summed E-state index contributed by atoms with van der Waals surface area (Å²) in [6.07, 6.45) is 2.08. The van der Waals surface area contributed by atoms with Gasteiger partial charge in [-0.2, -0.15) is 0 Å². The summed E-state index contributed by atoms with van der Waals surface area (Å²) in [6, 6.07) is 6.50. The Kier molecular flexibility index (Phi) is 4.20. The number of likely N-dealkylation sites (tertiary alicyclic amines) is 1. The zero-order chi connectivity index (χ0) is 13.9. The van der Waals surface area contributed by atoms with Crippen molar-refractivity contribution in [3.8, 4) is 0 Å². The Hall–Kier alpha value is -1.42.